The molecule has 5 nitrogen and oxygen atoms in total. The van der Waals surface area contributed by atoms with Gasteiger partial charge in [0.15, 0.2) is 0 Å². The molecule has 0 radical (unpaired) electrons. The van der Waals surface area contributed by atoms with E-state index in [4.69, 9.17) is 16.9 Å². The van der Waals surface area contributed by atoms with Gasteiger partial charge in [-0.1, -0.05) is 11.6 Å². The molecule has 7 heteroatoms. The van der Waals surface area contributed by atoms with Crippen molar-refractivity contribution in [2.45, 2.75) is 11.3 Å². The highest BCUT2D eigenvalue weighted by atomic mass is 35.5. The van der Waals surface area contributed by atoms with Gasteiger partial charge in [-0.05, 0) is 12.1 Å². The van der Waals surface area contributed by atoms with Crippen LogP contribution in [0.3, 0.4) is 0 Å². The molecule has 1 aromatic heterocycles. The van der Waals surface area contributed by atoms with Crippen molar-refractivity contribution < 1.29 is 8.42 Å². The highest BCUT2D eigenvalue weighted by molar-refractivity contribution is 7.89. The minimum atomic E-state index is -3.66. The summed E-state index contributed by atoms with van der Waals surface area (Å²) < 4.78 is 25.4. The molecule has 0 bridgehead atoms. The van der Waals surface area contributed by atoms with E-state index in [9.17, 15) is 8.42 Å². The van der Waals surface area contributed by atoms with Crippen molar-refractivity contribution in [3.05, 3.63) is 23.5 Å². The number of nitrogens with zero attached hydrogens (tertiary/aromatic N) is 2. The molecule has 0 aliphatic carbocycles. The molecule has 0 spiro atoms. The van der Waals surface area contributed by atoms with Gasteiger partial charge in [-0.15, -0.1) is 0 Å². The molecule has 0 fully saturated rings. The number of aromatic nitrogens is 1. The molecule has 0 saturated heterocycles. The highest BCUT2D eigenvalue weighted by Gasteiger charge is 2.17. The Hall–Kier alpha value is -1.16. The summed E-state index contributed by atoms with van der Waals surface area (Å²) in [5, 5.41) is 8.18. The van der Waals surface area contributed by atoms with Crippen LogP contribution in [0.25, 0.3) is 0 Å². The zero-order valence-electron chi connectivity index (χ0n) is 7.64. The summed E-state index contributed by atoms with van der Waals surface area (Å²) in [7, 11) is -3.66. The number of hydrogen-bond donors (Lipinski definition) is 1. The van der Waals surface area contributed by atoms with Crippen molar-refractivity contribution >= 4 is 21.6 Å². The van der Waals surface area contributed by atoms with E-state index in [0.29, 0.717) is 0 Å². The van der Waals surface area contributed by atoms with Crippen LogP contribution in [-0.4, -0.2) is 19.9 Å². The summed E-state index contributed by atoms with van der Waals surface area (Å²) in [5.41, 5.74) is 0. The molecule has 0 unspecified atom stereocenters. The number of sulfonamides is 1. The summed E-state index contributed by atoms with van der Waals surface area (Å²) in [6.07, 6.45) is 1.51. The van der Waals surface area contributed by atoms with Gasteiger partial charge < -0.3 is 0 Å². The van der Waals surface area contributed by atoms with Gasteiger partial charge in [-0.2, -0.15) is 5.26 Å². The average Bonchev–Trinajstić information content (AvgIpc) is 2.18. The van der Waals surface area contributed by atoms with Gasteiger partial charge in [0.25, 0.3) is 0 Å². The molecule has 0 aromatic carbocycles. The van der Waals surface area contributed by atoms with Gasteiger partial charge in [0.1, 0.15) is 10.0 Å². The number of nitriles is 1. The number of halogens is 1. The van der Waals surface area contributed by atoms with E-state index in [2.05, 4.69) is 9.71 Å². The minimum Gasteiger partial charge on any atom is -0.243 e. The lowest BCUT2D eigenvalue weighted by Crippen LogP contribution is -2.25. The van der Waals surface area contributed by atoms with Crippen molar-refractivity contribution in [3.8, 4) is 6.07 Å². The molecular formula is C8H8ClN3O2S. The molecule has 0 aliphatic rings. The lowest BCUT2D eigenvalue weighted by atomic mass is 10.5. The molecule has 0 saturated carbocycles. The average molecular weight is 246 g/mol. The van der Waals surface area contributed by atoms with Gasteiger partial charge >= 0.3 is 0 Å². The smallest absolute Gasteiger partial charge is 0.243 e. The Bertz CT molecular complexity index is 481. The molecule has 0 aliphatic heterocycles. The van der Waals surface area contributed by atoms with E-state index in [-0.39, 0.29) is 23.0 Å². The SMILES string of the molecule is N#CCCNS(=O)(=O)c1cccnc1Cl. The van der Waals surface area contributed by atoms with Crippen LogP contribution in [0.2, 0.25) is 5.15 Å². The first kappa shape index (κ1) is 11.9. The zero-order chi connectivity index (χ0) is 11.3. The van der Waals surface area contributed by atoms with E-state index in [1.54, 1.807) is 0 Å². The molecule has 0 atom stereocenters. The number of hydrogen-bond acceptors (Lipinski definition) is 4. The molecule has 1 heterocycles. The maximum atomic E-state index is 11.6. The van der Waals surface area contributed by atoms with Crippen molar-refractivity contribution in [2.75, 3.05) is 6.54 Å². The Morgan fingerprint density at radius 2 is 2.33 bits per heavy atom. The Kier molecular flexibility index (Phi) is 4.03. The third-order valence-electron chi connectivity index (χ3n) is 1.54. The summed E-state index contributed by atoms with van der Waals surface area (Å²) in [6.45, 7) is 0.0596. The third-order valence-corrected chi connectivity index (χ3v) is 3.45. The Labute approximate surface area is 92.8 Å². The van der Waals surface area contributed by atoms with Crippen LogP contribution in [0.15, 0.2) is 23.2 Å². The molecule has 1 N–H and O–H groups in total. The Morgan fingerprint density at radius 3 is 2.93 bits per heavy atom. The molecule has 1 rings (SSSR count). The summed E-state index contributed by atoms with van der Waals surface area (Å²) in [5.74, 6) is 0. The van der Waals surface area contributed by atoms with Gasteiger partial charge in [0.05, 0.1) is 6.07 Å². The van der Waals surface area contributed by atoms with E-state index in [0.717, 1.165) is 0 Å². The highest BCUT2D eigenvalue weighted by Crippen LogP contribution is 2.17. The van der Waals surface area contributed by atoms with Crippen molar-refractivity contribution in [1.29, 1.82) is 5.26 Å². The fourth-order valence-corrected chi connectivity index (χ4v) is 2.37. The van der Waals surface area contributed by atoms with E-state index >= 15 is 0 Å². The topological polar surface area (TPSA) is 82.9 Å². The minimum absolute atomic E-state index is 0.0596. The first-order chi connectivity index (χ1) is 7.08. The van der Waals surface area contributed by atoms with Crippen molar-refractivity contribution in [1.82, 2.24) is 9.71 Å². The van der Waals surface area contributed by atoms with Crippen LogP contribution < -0.4 is 4.72 Å². The van der Waals surface area contributed by atoms with Crippen LogP contribution in [0.5, 0.6) is 0 Å². The van der Waals surface area contributed by atoms with Gasteiger partial charge in [0.2, 0.25) is 10.0 Å². The predicted molar refractivity (Wildman–Crippen MR) is 54.7 cm³/mol. The Balaban J connectivity index is 2.88. The first-order valence-electron chi connectivity index (χ1n) is 4.05. The largest absolute Gasteiger partial charge is 0.243 e. The molecule has 1 aromatic rings. The van der Waals surface area contributed by atoms with E-state index in [1.165, 1.54) is 18.3 Å². The molecular weight excluding hydrogens is 238 g/mol. The van der Waals surface area contributed by atoms with Gasteiger partial charge in [-0.3, -0.25) is 0 Å². The lowest BCUT2D eigenvalue weighted by molar-refractivity contribution is 0.582. The molecule has 15 heavy (non-hydrogen) atoms. The second-order valence-electron chi connectivity index (χ2n) is 2.60. The Morgan fingerprint density at radius 1 is 1.60 bits per heavy atom. The monoisotopic (exact) mass is 245 g/mol. The quantitative estimate of drug-likeness (QED) is 0.632. The summed E-state index contributed by atoms with van der Waals surface area (Å²) in [4.78, 5) is 3.58. The third kappa shape index (κ3) is 3.16. The van der Waals surface area contributed by atoms with Crippen LogP contribution in [-0.2, 0) is 10.0 Å². The van der Waals surface area contributed by atoms with Crippen LogP contribution in [0.4, 0.5) is 0 Å². The summed E-state index contributed by atoms with van der Waals surface area (Å²) >= 11 is 5.63. The number of pyridine rings is 1. The van der Waals surface area contributed by atoms with E-state index < -0.39 is 10.0 Å². The first-order valence-corrected chi connectivity index (χ1v) is 5.91. The fourth-order valence-electron chi connectivity index (χ4n) is 0.891. The fraction of sp³-hybridized carbons (Fsp3) is 0.250. The second-order valence-corrected chi connectivity index (χ2v) is 4.69. The van der Waals surface area contributed by atoms with Crippen LogP contribution in [0, 0.1) is 11.3 Å². The van der Waals surface area contributed by atoms with Gasteiger partial charge in [0, 0.05) is 19.2 Å². The second kappa shape index (κ2) is 5.07. The van der Waals surface area contributed by atoms with Crippen molar-refractivity contribution in [2.24, 2.45) is 0 Å². The normalized spacial score (nSPS) is 10.9. The molecule has 0 amide bonds. The molecule has 80 valence electrons. The van der Waals surface area contributed by atoms with E-state index in [1.807, 2.05) is 6.07 Å². The maximum absolute atomic E-state index is 11.6. The lowest BCUT2D eigenvalue weighted by Gasteiger charge is -2.05. The summed E-state index contributed by atoms with van der Waals surface area (Å²) in [6, 6.07) is 4.66. The predicted octanol–water partition coefficient (Wildman–Crippen LogP) is 0.927. The zero-order valence-corrected chi connectivity index (χ0v) is 9.22. The number of nitrogens with one attached hydrogen (secondary N) is 1. The van der Waals surface area contributed by atoms with Crippen LogP contribution in [0.1, 0.15) is 6.42 Å². The number of rotatable bonds is 4. The standard InChI is InChI=1S/C8H8ClN3O2S/c9-8-7(3-1-5-11-8)15(13,14)12-6-2-4-10/h1,3,5,12H,2,6H2. The van der Waals surface area contributed by atoms with Crippen molar-refractivity contribution in [3.63, 3.8) is 0 Å². The van der Waals surface area contributed by atoms with Gasteiger partial charge in [-0.25, -0.2) is 18.1 Å². The maximum Gasteiger partial charge on any atom is 0.243 e. The van der Waals surface area contributed by atoms with Crippen LogP contribution >= 0.6 is 11.6 Å².